The molecule has 0 fully saturated rings. The van der Waals surface area contributed by atoms with Crippen LogP contribution in [0, 0.1) is 0 Å². The topological polar surface area (TPSA) is 0 Å². The van der Waals surface area contributed by atoms with Crippen LogP contribution in [0.1, 0.15) is 0 Å². The highest BCUT2D eigenvalue weighted by atomic mass is 35.6. The molecule has 80 valence electrons. The average molecular weight is 302 g/mol. The van der Waals surface area contributed by atoms with Gasteiger partial charge in [-0.25, -0.2) is 4.39 Å². The highest BCUT2D eigenvalue weighted by Crippen LogP contribution is 2.50. The second-order valence-electron chi connectivity index (χ2n) is 2.02. The van der Waals surface area contributed by atoms with Crippen molar-refractivity contribution < 1.29 is 17.6 Å². The van der Waals surface area contributed by atoms with Gasteiger partial charge in [-0.3, -0.25) is 0 Å². The zero-order valence-corrected chi connectivity index (χ0v) is 9.26. The van der Waals surface area contributed by atoms with Crippen molar-refractivity contribution in [1.29, 1.82) is 0 Å². The van der Waals surface area contributed by atoms with E-state index in [1.807, 2.05) is 0 Å². The van der Waals surface area contributed by atoms with Gasteiger partial charge in [0.1, 0.15) is 0 Å². The van der Waals surface area contributed by atoms with Crippen LogP contribution in [0.5, 0.6) is 0 Å². The summed E-state index contributed by atoms with van der Waals surface area (Å²) in [5.41, 5.74) is 0. The van der Waals surface area contributed by atoms with Crippen LogP contribution in [0.3, 0.4) is 0 Å². The molecule has 0 N–H and O–H groups in total. The molecule has 0 aromatic carbocycles. The fourth-order valence-electron chi connectivity index (χ4n) is 0.349. The Balaban J connectivity index is 4.86. The molecule has 9 heteroatoms. The number of hydrogen-bond donors (Lipinski definition) is 0. The molecule has 0 aromatic rings. The fourth-order valence-corrected chi connectivity index (χ4v) is 1.50. The largest absolute Gasteiger partial charge is 0.424 e. The van der Waals surface area contributed by atoms with Gasteiger partial charge in [0.05, 0.1) is 0 Å². The lowest BCUT2D eigenvalue weighted by Crippen LogP contribution is -2.48. The Morgan fingerprint density at radius 1 is 0.846 bits per heavy atom. The monoisotopic (exact) mass is 300 g/mol. The van der Waals surface area contributed by atoms with Gasteiger partial charge in [0.2, 0.25) is 8.13 Å². The van der Waals surface area contributed by atoms with Crippen LogP contribution in [0.25, 0.3) is 0 Å². The predicted octanol–water partition coefficient (Wildman–Crippen LogP) is 4.43. The van der Waals surface area contributed by atoms with Gasteiger partial charge in [-0.05, 0) is 0 Å². The molecule has 0 bridgehead atoms. The third-order valence-corrected chi connectivity index (χ3v) is 2.37. The Kier molecular flexibility index (Phi) is 4.33. The molecule has 0 amide bonds. The molecule has 13 heavy (non-hydrogen) atoms. The summed E-state index contributed by atoms with van der Waals surface area (Å²) in [4.78, 5) is 0. The van der Waals surface area contributed by atoms with E-state index < -0.39 is 20.5 Å². The molecule has 0 aliphatic heterocycles. The summed E-state index contributed by atoms with van der Waals surface area (Å²) in [6.07, 6.45) is -8.30. The summed E-state index contributed by atoms with van der Waals surface area (Å²) in [6.45, 7) is 0. The maximum absolute atomic E-state index is 12.8. The lowest BCUT2D eigenvalue weighted by atomic mass is 10.3. The molecule has 1 atom stereocenters. The van der Waals surface area contributed by atoms with Gasteiger partial charge >= 0.3 is 6.18 Å². The van der Waals surface area contributed by atoms with E-state index in [0.29, 0.717) is 0 Å². The average Bonchev–Trinajstić information content (AvgIpc) is 1.81. The minimum atomic E-state index is -5.22. The predicted molar refractivity (Wildman–Crippen MR) is 45.7 cm³/mol. The molecular weight excluding hydrogens is 301 g/mol. The highest BCUT2D eigenvalue weighted by molar-refractivity contribution is 6.69. The van der Waals surface area contributed by atoms with Crippen molar-refractivity contribution in [2.45, 2.75) is 20.5 Å². The van der Waals surface area contributed by atoms with E-state index >= 15 is 0 Å². The van der Waals surface area contributed by atoms with Crippen molar-refractivity contribution in [3.8, 4) is 0 Å². The molecule has 0 aromatic heterocycles. The number of alkyl halides is 9. The van der Waals surface area contributed by atoms with E-state index in [2.05, 4.69) is 23.2 Å². The normalized spacial score (nSPS) is 17.3. The van der Waals surface area contributed by atoms with E-state index in [9.17, 15) is 17.6 Å². The summed E-state index contributed by atoms with van der Waals surface area (Å²) in [6, 6.07) is 0. The summed E-state index contributed by atoms with van der Waals surface area (Å²) >= 11 is 23.9. The van der Waals surface area contributed by atoms with E-state index in [4.69, 9.17) is 34.8 Å². The Morgan fingerprint density at radius 2 is 1.15 bits per heavy atom. The molecule has 0 saturated carbocycles. The van der Waals surface area contributed by atoms with Gasteiger partial charge in [-0.1, -0.05) is 58.0 Å². The van der Waals surface area contributed by atoms with Crippen LogP contribution in [0.2, 0.25) is 0 Å². The third kappa shape index (κ3) is 3.34. The summed E-state index contributed by atoms with van der Waals surface area (Å²) in [7, 11) is 0. The second-order valence-corrected chi connectivity index (χ2v) is 5.78. The lowest BCUT2D eigenvalue weighted by Gasteiger charge is -2.29. The third-order valence-electron chi connectivity index (χ3n) is 0.984. The first-order valence-electron chi connectivity index (χ1n) is 2.56. The van der Waals surface area contributed by atoms with Gasteiger partial charge < -0.3 is 0 Å². The minimum absolute atomic E-state index is 2.83. The Morgan fingerprint density at radius 3 is 1.23 bits per heavy atom. The van der Waals surface area contributed by atoms with E-state index in [1.165, 1.54) is 0 Å². The van der Waals surface area contributed by atoms with Crippen molar-refractivity contribution in [2.24, 2.45) is 0 Å². The van der Waals surface area contributed by atoms with Gasteiger partial charge in [0.25, 0.3) is 0 Å². The number of halogens is 9. The molecular formula is C4HCl5F4. The van der Waals surface area contributed by atoms with Crippen molar-refractivity contribution in [1.82, 2.24) is 0 Å². The molecule has 0 radical (unpaired) electrons. The first-order valence-corrected chi connectivity index (χ1v) is 4.45. The second kappa shape index (κ2) is 3.97. The maximum atomic E-state index is 12.8. The van der Waals surface area contributed by atoms with E-state index in [-0.39, 0.29) is 0 Å². The summed E-state index contributed by atoms with van der Waals surface area (Å²) < 4.78 is 42.0. The van der Waals surface area contributed by atoms with Crippen LogP contribution >= 0.6 is 58.0 Å². The standard InChI is InChI=1S/C4HCl5F4/c5-2(6,4(11,12)13)1(10)3(7,8)9/h1H. The van der Waals surface area contributed by atoms with Crippen LogP contribution in [-0.2, 0) is 0 Å². The first-order chi connectivity index (χ1) is 5.40. The zero-order chi connectivity index (χ0) is 11.1. The summed E-state index contributed by atoms with van der Waals surface area (Å²) in [5.74, 6) is 0. The van der Waals surface area contributed by atoms with Crippen LogP contribution in [0.15, 0.2) is 0 Å². The van der Waals surface area contributed by atoms with Gasteiger partial charge in [0.15, 0.2) is 6.17 Å². The number of hydrogen-bond acceptors (Lipinski definition) is 0. The van der Waals surface area contributed by atoms with Crippen LogP contribution in [-0.4, -0.2) is 20.5 Å². The molecule has 0 rings (SSSR count). The Labute approximate surface area is 96.0 Å². The maximum Gasteiger partial charge on any atom is 0.424 e. The molecule has 0 aliphatic carbocycles. The van der Waals surface area contributed by atoms with Crippen molar-refractivity contribution in [2.75, 3.05) is 0 Å². The van der Waals surface area contributed by atoms with E-state index in [1.54, 1.807) is 0 Å². The quantitative estimate of drug-likeness (QED) is 0.496. The van der Waals surface area contributed by atoms with Gasteiger partial charge in [-0.15, -0.1) is 0 Å². The number of rotatable bonds is 1. The molecule has 1 unspecified atom stereocenters. The SMILES string of the molecule is FC(C(Cl)(Cl)Cl)C(Cl)(Cl)C(F)(F)F. The Hall–Kier alpha value is 1.17. The smallest absolute Gasteiger partial charge is 0.239 e. The fraction of sp³-hybridized carbons (Fsp3) is 1.00. The zero-order valence-electron chi connectivity index (χ0n) is 5.48. The van der Waals surface area contributed by atoms with Gasteiger partial charge in [-0.2, -0.15) is 13.2 Å². The summed E-state index contributed by atoms with van der Waals surface area (Å²) in [5, 5.41) is 0. The van der Waals surface area contributed by atoms with Crippen molar-refractivity contribution >= 4 is 58.0 Å². The first kappa shape index (κ1) is 14.2. The molecule has 0 aliphatic rings. The minimum Gasteiger partial charge on any atom is -0.239 e. The lowest BCUT2D eigenvalue weighted by molar-refractivity contribution is -0.153. The molecule has 0 saturated heterocycles. The van der Waals surface area contributed by atoms with Crippen LogP contribution in [0.4, 0.5) is 17.6 Å². The van der Waals surface area contributed by atoms with Gasteiger partial charge in [0, 0.05) is 0 Å². The van der Waals surface area contributed by atoms with E-state index in [0.717, 1.165) is 0 Å². The highest BCUT2D eigenvalue weighted by Gasteiger charge is 2.63. The van der Waals surface area contributed by atoms with Crippen LogP contribution < -0.4 is 0 Å². The van der Waals surface area contributed by atoms with Crippen molar-refractivity contribution in [3.63, 3.8) is 0 Å². The molecule has 0 heterocycles. The molecule has 0 spiro atoms. The van der Waals surface area contributed by atoms with Crippen molar-refractivity contribution in [3.05, 3.63) is 0 Å². The molecule has 0 nitrogen and oxygen atoms in total. The Bertz CT molecular complexity index is 182.